The molecular formula is C29H22N2O5. The van der Waals surface area contributed by atoms with Crippen LogP contribution >= 0.6 is 0 Å². The molecule has 7 nitrogen and oxygen atoms in total. The van der Waals surface area contributed by atoms with Crippen LogP contribution in [0.4, 0.5) is 5.69 Å². The lowest BCUT2D eigenvalue weighted by molar-refractivity contribution is -0.151. The molecule has 0 saturated carbocycles. The molecule has 0 aromatic heterocycles. The van der Waals surface area contributed by atoms with Gasteiger partial charge in [-0.15, -0.1) is 0 Å². The summed E-state index contributed by atoms with van der Waals surface area (Å²) in [5.74, 6) is -2.48. The number of nitrogens with one attached hydrogen (secondary N) is 1. The molecule has 3 amide bonds. The third kappa shape index (κ3) is 4.46. The first-order chi connectivity index (χ1) is 17.5. The molecule has 7 heteroatoms. The molecule has 1 unspecified atom stereocenters. The van der Waals surface area contributed by atoms with E-state index < -0.39 is 36.3 Å². The van der Waals surface area contributed by atoms with Gasteiger partial charge in [0, 0.05) is 17.5 Å². The number of anilines is 1. The SMILES string of the molecule is O=C(COC(=O)C(Cc1ccccc1)N1C(=O)c2ccccc2C1=O)Nc1cccc2ccccc12. The summed E-state index contributed by atoms with van der Waals surface area (Å²) in [6, 6.07) is 27.4. The molecule has 1 N–H and O–H groups in total. The van der Waals surface area contributed by atoms with E-state index in [1.165, 1.54) is 0 Å². The standard InChI is InChI=1S/C29H22N2O5/c32-26(30-24-16-8-12-20-11-4-5-13-21(20)24)18-36-29(35)25(17-19-9-2-1-3-10-19)31-27(33)22-14-6-7-15-23(22)28(31)34/h1-16,25H,17-18H2,(H,30,32). The van der Waals surface area contributed by atoms with Crippen molar-refractivity contribution in [1.29, 1.82) is 0 Å². The first kappa shape index (κ1) is 23.0. The van der Waals surface area contributed by atoms with Gasteiger partial charge < -0.3 is 10.1 Å². The smallest absolute Gasteiger partial charge is 0.330 e. The molecule has 0 bridgehead atoms. The molecule has 4 aromatic rings. The predicted molar refractivity (Wildman–Crippen MR) is 134 cm³/mol. The Hall–Kier alpha value is -4.78. The second kappa shape index (κ2) is 9.84. The van der Waals surface area contributed by atoms with E-state index in [0.29, 0.717) is 5.69 Å². The van der Waals surface area contributed by atoms with Crippen molar-refractivity contribution in [3.8, 4) is 0 Å². The number of hydrogen-bond donors (Lipinski definition) is 1. The molecular weight excluding hydrogens is 456 g/mol. The zero-order chi connectivity index (χ0) is 25.1. The fourth-order valence-electron chi connectivity index (χ4n) is 4.36. The Morgan fingerprint density at radius 3 is 2.08 bits per heavy atom. The molecule has 0 aliphatic carbocycles. The van der Waals surface area contributed by atoms with Crippen molar-refractivity contribution in [1.82, 2.24) is 4.90 Å². The molecule has 1 atom stereocenters. The van der Waals surface area contributed by atoms with Crippen molar-refractivity contribution in [2.24, 2.45) is 0 Å². The normalized spacial score (nSPS) is 13.4. The van der Waals surface area contributed by atoms with E-state index in [9.17, 15) is 19.2 Å². The van der Waals surface area contributed by atoms with Crippen molar-refractivity contribution < 1.29 is 23.9 Å². The minimum absolute atomic E-state index is 0.0656. The van der Waals surface area contributed by atoms with Crippen molar-refractivity contribution in [2.45, 2.75) is 12.5 Å². The molecule has 1 aliphatic rings. The van der Waals surface area contributed by atoms with Gasteiger partial charge in [0.05, 0.1) is 11.1 Å². The highest BCUT2D eigenvalue weighted by Gasteiger charge is 2.43. The van der Waals surface area contributed by atoms with Crippen LogP contribution in [0, 0.1) is 0 Å². The number of imide groups is 1. The maximum Gasteiger partial charge on any atom is 0.330 e. The number of amides is 3. The number of ether oxygens (including phenoxy) is 1. The minimum Gasteiger partial charge on any atom is -0.454 e. The second-order valence-electron chi connectivity index (χ2n) is 8.41. The highest BCUT2D eigenvalue weighted by molar-refractivity contribution is 6.22. The van der Waals surface area contributed by atoms with Gasteiger partial charge in [-0.05, 0) is 29.1 Å². The molecule has 178 valence electrons. The molecule has 4 aromatic carbocycles. The van der Waals surface area contributed by atoms with E-state index in [-0.39, 0.29) is 17.5 Å². The highest BCUT2D eigenvalue weighted by atomic mass is 16.5. The van der Waals surface area contributed by atoms with E-state index in [1.54, 1.807) is 54.6 Å². The Labute approximate surface area is 207 Å². The molecule has 1 aliphatic heterocycles. The van der Waals surface area contributed by atoms with Crippen LogP contribution in [0.1, 0.15) is 26.3 Å². The second-order valence-corrected chi connectivity index (χ2v) is 8.41. The number of hydrogen-bond acceptors (Lipinski definition) is 5. The summed E-state index contributed by atoms with van der Waals surface area (Å²) in [6.45, 7) is -0.559. The number of fused-ring (bicyclic) bond motifs is 2. The summed E-state index contributed by atoms with van der Waals surface area (Å²) in [5, 5.41) is 4.58. The van der Waals surface area contributed by atoms with Gasteiger partial charge in [-0.3, -0.25) is 19.3 Å². The number of nitrogens with zero attached hydrogens (tertiary/aromatic N) is 1. The molecule has 0 fully saturated rings. The topological polar surface area (TPSA) is 92.8 Å². The lowest BCUT2D eigenvalue weighted by atomic mass is 10.0. The minimum atomic E-state index is -1.22. The van der Waals surface area contributed by atoms with Crippen LogP contribution in [-0.2, 0) is 20.7 Å². The van der Waals surface area contributed by atoms with Crippen LogP contribution in [-0.4, -0.2) is 41.2 Å². The summed E-state index contributed by atoms with van der Waals surface area (Å²) < 4.78 is 5.33. The number of rotatable bonds is 7. The van der Waals surface area contributed by atoms with Crippen LogP contribution in [0.15, 0.2) is 97.1 Å². The third-order valence-corrected chi connectivity index (χ3v) is 6.09. The summed E-state index contributed by atoms with van der Waals surface area (Å²) in [6.07, 6.45) is 0.0656. The van der Waals surface area contributed by atoms with Gasteiger partial charge in [-0.2, -0.15) is 0 Å². The lowest BCUT2D eigenvalue weighted by Gasteiger charge is -2.24. The Morgan fingerprint density at radius 2 is 1.36 bits per heavy atom. The van der Waals surface area contributed by atoms with Crippen molar-refractivity contribution in [3.63, 3.8) is 0 Å². The quantitative estimate of drug-likeness (QED) is 0.317. The van der Waals surface area contributed by atoms with E-state index >= 15 is 0 Å². The molecule has 36 heavy (non-hydrogen) atoms. The van der Waals surface area contributed by atoms with Crippen LogP contribution in [0.25, 0.3) is 10.8 Å². The van der Waals surface area contributed by atoms with E-state index in [0.717, 1.165) is 21.2 Å². The average Bonchev–Trinajstić information content (AvgIpc) is 3.16. The summed E-state index contributed by atoms with van der Waals surface area (Å²) in [5.41, 5.74) is 1.82. The van der Waals surface area contributed by atoms with E-state index in [1.807, 2.05) is 42.5 Å². The molecule has 0 radical (unpaired) electrons. The number of esters is 1. The van der Waals surface area contributed by atoms with Crippen LogP contribution in [0.3, 0.4) is 0 Å². The van der Waals surface area contributed by atoms with E-state index in [4.69, 9.17) is 4.74 Å². The van der Waals surface area contributed by atoms with Crippen molar-refractivity contribution in [2.75, 3.05) is 11.9 Å². The van der Waals surface area contributed by atoms with Gasteiger partial charge >= 0.3 is 5.97 Å². The van der Waals surface area contributed by atoms with Gasteiger partial charge in [0.25, 0.3) is 17.7 Å². The summed E-state index contributed by atoms with van der Waals surface area (Å²) in [4.78, 5) is 52.9. The number of carbonyl (C=O) groups is 4. The average molecular weight is 479 g/mol. The molecule has 0 spiro atoms. The van der Waals surface area contributed by atoms with Gasteiger partial charge in [0.2, 0.25) is 0 Å². The summed E-state index contributed by atoms with van der Waals surface area (Å²) >= 11 is 0. The van der Waals surface area contributed by atoms with Crippen LogP contribution in [0.5, 0.6) is 0 Å². The zero-order valence-corrected chi connectivity index (χ0v) is 19.2. The number of carbonyl (C=O) groups excluding carboxylic acids is 4. The first-order valence-corrected chi connectivity index (χ1v) is 11.5. The Bertz CT molecular complexity index is 1440. The molecule has 1 heterocycles. The van der Waals surface area contributed by atoms with Gasteiger partial charge in [0.15, 0.2) is 6.61 Å². The lowest BCUT2D eigenvalue weighted by Crippen LogP contribution is -2.47. The maximum absolute atomic E-state index is 13.2. The highest BCUT2D eigenvalue weighted by Crippen LogP contribution is 2.27. The van der Waals surface area contributed by atoms with Gasteiger partial charge in [-0.25, -0.2) is 4.79 Å². The largest absolute Gasteiger partial charge is 0.454 e. The third-order valence-electron chi connectivity index (χ3n) is 6.09. The van der Waals surface area contributed by atoms with Crippen LogP contribution in [0.2, 0.25) is 0 Å². The Balaban J connectivity index is 1.34. The van der Waals surface area contributed by atoms with E-state index in [2.05, 4.69) is 5.32 Å². The Morgan fingerprint density at radius 1 is 0.750 bits per heavy atom. The molecule has 5 rings (SSSR count). The van der Waals surface area contributed by atoms with Crippen LogP contribution < -0.4 is 5.32 Å². The van der Waals surface area contributed by atoms with Gasteiger partial charge in [0.1, 0.15) is 6.04 Å². The predicted octanol–water partition coefficient (Wildman–Crippen LogP) is 4.23. The summed E-state index contributed by atoms with van der Waals surface area (Å²) in [7, 11) is 0. The number of benzene rings is 4. The zero-order valence-electron chi connectivity index (χ0n) is 19.2. The fourth-order valence-corrected chi connectivity index (χ4v) is 4.36. The maximum atomic E-state index is 13.2. The fraction of sp³-hybridized carbons (Fsp3) is 0.103. The molecule has 0 saturated heterocycles. The first-order valence-electron chi connectivity index (χ1n) is 11.5. The monoisotopic (exact) mass is 478 g/mol. The van der Waals surface area contributed by atoms with Crippen molar-refractivity contribution in [3.05, 3.63) is 114 Å². The van der Waals surface area contributed by atoms with Gasteiger partial charge in [-0.1, -0.05) is 78.9 Å². The Kier molecular flexibility index (Phi) is 6.28. The van der Waals surface area contributed by atoms with Crippen molar-refractivity contribution >= 4 is 40.2 Å².